The van der Waals surface area contributed by atoms with Gasteiger partial charge in [-0.2, -0.15) is 0 Å². The van der Waals surface area contributed by atoms with Crippen LogP contribution >= 0.6 is 24.8 Å². The Labute approximate surface area is 393 Å². The molecule has 4 aromatic rings. The summed E-state index contributed by atoms with van der Waals surface area (Å²) in [5.74, 6) is 1.18. The minimum atomic E-state index is -4.84. The maximum Gasteiger partial charge on any atom is -0.147 e. The molecule has 2 atom stereocenters. The molecule has 2 unspecified atom stereocenters. The maximum atomic E-state index is 15.1. The van der Waals surface area contributed by atoms with Crippen molar-refractivity contribution in [2.75, 3.05) is 0 Å². The van der Waals surface area contributed by atoms with Gasteiger partial charge in [-0.1, -0.05) is 0 Å². The number of alkyl halides is 3. The zero-order valence-electron chi connectivity index (χ0n) is 39.1. The summed E-state index contributed by atoms with van der Waals surface area (Å²) in [7, 11) is 0. The van der Waals surface area contributed by atoms with Gasteiger partial charge in [0.25, 0.3) is 0 Å². The van der Waals surface area contributed by atoms with Crippen molar-refractivity contribution in [3.8, 4) is 22.3 Å². The van der Waals surface area contributed by atoms with E-state index in [-0.39, 0.29) is 47.0 Å². The van der Waals surface area contributed by atoms with Crippen molar-refractivity contribution >= 4 is 43.8 Å². The molecule has 0 spiro atoms. The standard InChI is InChI=1S/2C26H31.C3H4F3.CH3.2ClH.H2Si.Zr/c2*1-26(2,3)23-14-12-21(13-15-23)24-11-7-10-22-17-20(18-25(22)24)16-19-8-5-4-6-9-19;1-2-3(4,5)6;;;;;/h2*7,10-15,17-19H,4-6,8-9,16H2,1-3H3;1-2H2;1H3;2*1H;1H2;. The van der Waals surface area contributed by atoms with Crippen LogP contribution in [0.25, 0.3) is 34.4 Å². The van der Waals surface area contributed by atoms with Gasteiger partial charge >= 0.3 is 371 Å². The van der Waals surface area contributed by atoms with Crippen LogP contribution in [0.2, 0.25) is 8.76 Å². The molecule has 0 amide bonds. The van der Waals surface area contributed by atoms with Crippen LogP contribution in [-0.2, 0) is 28.2 Å². The molecule has 0 aliphatic heterocycles. The molecule has 2 fully saturated rings. The zero-order valence-corrected chi connectivity index (χ0v) is 44.6. The van der Waals surface area contributed by atoms with Gasteiger partial charge < -0.3 is 0 Å². The van der Waals surface area contributed by atoms with Crippen molar-refractivity contribution in [3.63, 3.8) is 0 Å². The molecule has 0 saturated heterocycles. The third-order valence-corrected chi connectivity index (χ3v) is 38.7. The quantitative estimate of drug-likeness (QED) is 0.139. The van der Waals surface area contributed by atoms with E-state index in [4.69, 9.17) is 0 Å². The number of allylic oxidation sites excluding steroid dienone is 2. The summed E-state index contributed by atoms with van der Waals surface area (Å²) in [5, 5.41) is 0. The summed E-state index contributed by atoms with van der Waals surface area (Å²) in [4.78, 5) is 0. The van der Waals surface area contributed by atoms with E-state index in [0.29, 0.717) is 11.8 Å². The molecule has 4 aromatic carbocycles. The largest absolute Gasteiger partial charge is 0.147 e. The number of hydrogen-bond donors (Lipinski definition) is 0. The van der Waals surface area contributed by atoms with Gasteiger partial charge in [-0.15, -0.1) is 24.8 Å². The minimum Gasteiger partial charge on any atom is -0.147 e. The first-order valence-corrected chi connectivity index (χ1v) is 36.8. The van der Waals surface area contributed by atoms with E-state index in [1.165, 1.54) is 131 Å². The van der Waals surface area contributed by atoms with Crippen molar-refractivity contribution in [2.45, 2.75) is 158 Å². The van der Waals surface area contributed by atoms with Gasteiger partial charge in [0.1, 0.15) is 0 Å². The molecule has 0 bridgehead atoms. The van der Waals surface area contributed by atoms with Crippen LogP contribution in [0.15, 0.2) is 96.1 Å². The van der Waals surface area contributed by atoms with Crippen molar-refractivity contribution < 1.29 is 30.6 Å². The molecule has 4 aliphatic carbocycles. The van der Waals surface area contributed by atoms with Gasteiger partial charge in [0.2, 0.25) is 0 Å². The number of fused-ring (bicyclic) bond motifs is 2. The summed E-state index contributed by atoms with van der Waals surface area (Å²) in [6.45, 7) is 15.7. The van der Waals surface area contributed by atoms with Gasteiger partial charge in [0, 0.05) is 0 Å². The Morgan fingerprint density at radius 3 is 1.24 bits per heavy atom. The van der Waals surface area contributed by atoms with E-state index in [1.54, 1.807) is 0 Å². The van der Waals surface area contributed by atoms with Crippen LogP contribution in [0.1, 0.15) is 166 Å². The Balaban J connectivity index is 0.00000330. The van der Waals surface area contributed by atoms with Gasteiger partial charge in [-0.25, -0.2) is 0 Å². The molecule has 340 valence electrons. The zero-order chi connectivity index (χ0) is 43.4. The first-order valence-electron chi connectivity index (χ1n) is 23.8. The normalized spacial score (nSPS) is 20.0. The molecule has 4 aliphatic rings. The molecule has 0 radical (unpaired) electrons. The summed E-state index contributed by atoms with van der Waals surface area (Å²) in [6.07, 6.45) is 14.6. The molecule has 0 nitrogen and oxygen atoms in total. The predicted octanol–water partition coefficient (Wildman–Crippen LogP) is 17.6. The second-order valence-electron chi connectivity index (χ2n) is 22.6. The number of hydrogen-bond acceptors (Lipinski definition) is 0. The van der Waals surface area contributed by atoms with Crippen molar-refractivity contribution in [1.82, 2.24) is 0 Å². The number of benzene rings is 4. The SMILES string of the molecule is CC(C)(C)c1ccc(-c2cccc3c2C=C(CC2CCCCC2)[CH]3[Zr]([CH3])(=[SiH2])([CH2]CC(F)(F)F)[CH]2C(CC3CCCCC3)=Cc3c(-c4ccc(C(C)(C)C)cc4)cccc32)cc1.Cl.Cl. The number of rotatable bonds is 10. The Morgan fingerprint density at radius 1 is 0.540 bits per heavy atom. The van der Waals surface area contributed by atoms with Crippen LogP contribution in [-0.4, -0.2) is 13.1 Å². The fourth-order valence-electron chi connectivity index (χ4n) is 12.5. The van der Waals surface area contributed by atoms with Crippen LogP contribution in [0.4, 0.5) is 13.2 Å². The van der Waals surface area contributed by atoms with Crippen molar-refractivity contribution in [2.24, 2.45) is 11.8 Å². The number of halogens is 5. The Bertz CT molecular complexity index is 2210. The molecule has 0 heterocycles. The Hall–Kier alpha value is -2.17. The summed E-state index contributed by atoms with van der Waals surface area (Å²) >= 11 is -4.84. The fourth-order valence-corrected chi connectivity index (χ4v) is 36.2. The van der Waals surface area contributed by atoms with E-state index in [2.05, 4.69) is 150 Å². The molecule has 0 aromatic heterocycles. The molecular formula is C56H73Cl2F3SiZr. The topological polar surface area (TPSA) is 0 Å². The van der Waals surface area contributed by atoms with Gasteiger partial charge in [0.15, 0.2) is 0 Å². The van der Waals surface area contributed by atoms with Crippen LogP contribution in [0, 0.1) is 11.8 Å². The Morgan fingerprint density at radius 2 is 0.905 bits per heavy atom. The third-order valence-electron chi connectivity index (χ3n) is 15.8. The van der Waals surface area contributed by atoms with Crippen LogP contribution < -0.4 is 0 Å². The first-order chi connectivity index (χ1) is 28.8. The van der Waals surface area contributed by atoms with E-state index >= 15 is 13.2 Å². The fraction of sp³-hybridized carbons (Fsp3) is 0.500. The predicted molar refractivity (Wildman–Crippen MR) is 269 cm³/mol. The molecular weight excluding hydrogens is 920 g/mol. The first kappa shape index (κ1) is 50.2. The maximum absolute atomic E-state index is 15.1. The van der Waals surface area contributed by atoms with E-state index in [0.717, 1.165) is 12.8 Å². The molecule has 7 heteroatoms. The van der Waals surface area contributed by atoms with Crippen molar-refractivity contribution in [3.05, 3.63) is 129 Å². The summed E-state index contributed by atoms with van der Waals surface area (Å²) in [5.41, 5.74) is 15.6. The Kier molecular flexibility index (Phi) is 15.3. The molecule has 2 saturated carbocycles. The summed E-state index contributed by atoms with van der Waals surface area (Å²) in [6, 6.07) is 31.9. The second-order valence-corrected chi connectivity index (χ2v) is 51.0. The average molecular weight is 993 g/mol. The second kappa shape index (κ2) is 19.2. The van der Waals surface area contributed by atoms with Gasteiger partial charge in [-0.3, -0.25) is 0 Å². The van der Waals surface area contributed by atoms with Gasteiger partial charge in [0.05, 0.1) is 0 Å². The molecule has 0 N–H and O–H groups in total. The van der Waals surface area contributed by atoms with E-state index in [1.807, 2.05) is 0 Å². The third kappa shape index (κ3) is 10.5. The van der Waals surface area contributed by atoms with Crippen LogP contribution in [0.5, 0.6) is 0 Å². The van der Waals surface area contributed by atoms with E-state index < -0.39 is 30.0 Å². The average Bonchev–Trinajstić information content (AvgIpc) is 3.79. The minimum absolute atomic E-state index is 0. The van der Waals surface area contributed by atoms with Crippen LogP contribution in [0.3, 0.4) is 0 Å². The smallest absolute Gasteiger partial charge is 0.147 e. The monoisotopic (exact) mass is 990 g/mol. The van der Waals surface area contributed by atoms with Gasteiger partial charge in [-0.05, 0) is 0 Å². The van der Waals surface area contributed by atoms with Crippen molar-refractivity contribution in [1.29, 1.82) is 0 Å². The van der Waals surface area contributed by atoms with E-state index in [9.17, 15) is 0 Å². The summed E-state index contributed by atoms with van der Waals surface area (Å²) < 4.78 is 48.1. The molecule has 8 rings (SSSR count). The molecule has 63 heavy (non-hydrogen) atoms.